The maximum atomic E-state index is 10.7. The summed E-state index contributed by atoms with van der Waals surface area (Å²) in [6, 6.07) is 6.34. The Morgan fingerprint density at radius 3 is 2.20 bits per heavy atom. The second-order valence-corrected chi connectivity index (χ2v) is 5.51. The zero-order valence-corrected chi connectivity index (χ0v) is 12.2. The normalized spacial score (nSPS) is 11.7. The largest absolute Gasteiger partial charge is 0.741 e. The second kappa shape index (κ2) is 8.21. The number of unbranched alkanes of at least 4 members (excludes halogenated alkanes) is 2. The molecule has 0 fully saturated rings. The zero-order valence-electron chi connectivity index (χ0n) is 11.4. The van der Waals surface area contributed by atoms with Gasteiger partial charge in [-0.15, -0.1) is 0 Å². The molecule has 0 N–H and O–H groups in total. The summed E-state index contributed by atoms with van der Waals surface area (Å²) in [4.78, 5) is 0. The molecule has 116 valence electrons. The van der Waals surface area contributed by atoms with E-state index < -0.39 is 15.6 Å². The summed E-state index contributed by atoms with van der Waals surface area (Å²) < 4.78 is 61.2. The molecule has 20 heavy (non-hydrogen) atoms. The van der Waals surface area contributed by atoms with E-state index in [1.165, 1.54) is 31.5 Å². The molecule has 0 saturated carbocycles. The quantitative estimate of drug-likeness (QED) is 0.371. The molecule has 0 bridgehead atoms. The van der Waals surface area contributed by atoms with Crippen LogP contribution in [0.25, 0.3) is 0 Å². The highest BCUT2D eigenvalue weighted by Gasteiger charge is 2.36. The third-order valence-electron chi connectivity index (χ3n) is 2.45. The molecule has 0 unspecified atom stereocenters. The predicted molar refractivity (Wildman–Crippen MR) is 66.7 cm³/mol. The van der Waals surface area contributed by atoms with Crippen molar-refractivity contribution in [2.45, 2.75) is 45.2 Å². The van der Waals surface area contributed by atoms with Crippen LogP contribution >= 0.6 is 0 Å². The summed E-state index contributed by atoms with van der Waals surface area (Å²) in [7, 11) is -6.09. The third kappa shape index (κ3) is 7.44. The Morgan fingerprint density at radius 2 is 1.80 bits per heavy atom. The number of halogens is 3. The standard InChI is InChI=1S/C11H18N.CHF3O3S/c1-3-4-6-9-12-10-7-5-8-11(12)2;2-1(3,4)8(5,6)7/h5,7-8,10H,3-4,6,9H2,1-2H3;(H,5,6,7)/q+1;/p-1. The molecule has 8 heteroatoms. The molecule has 1 heterocycles. The van der Waals surface area contributed by atoms with E-state index in [2.05, 4.69) is 42.8 Å². The van der Waals surface area contributed by atoms with Crippen LogP contribution in [0.1, 0.15) is 31.9 Å². The lowest BCUT2D eigenvalue weighted by Gasteiger charge is -2.08. The van der Waals surface area contributed by atoms with Gasteiger partial charge in [-0.3, -0.25) is 0 Å². The first-order valence-corrected chi connectivity index (χ1v) is 7.47. The molecule has 0 aliphatic carbocycles. The fraction of sp³-hybridized carbons (Fsp3) is 0.583. The van der Waals surface area contributed by atoms with Crippen molar-refractivity contribution in [3.05, 3.63) is 30.1 Å². The average molecular weight is 313 g/mol. The lowest BCUT2D eigenvalue weighted by atomic mass is 10.2. The van der Waals surface area contributed by atoms with Crippen molar-refractivity contribution in [1.82, 2.24) is 0 Å². The molecule has 0 saturated heterocycles. The van der Waals surface area contributed by atoms with Gasteiger partial charge in [0.05, 0.1) is 0 Å². The fourth-order valence-electron chi connectivity index (χ4n) is 1.34. The number of alkyl halides is 3. The monoisotopic (exact) mass is 313 g/mol. The summed E-state index contributed by atoms with van der Waals surface area (Å²) in [5.74, 6) is 0. The molecule has 1 rings (SSSR count). The minimum absolute atomic E-state index is 1.17. The first kappa shape index (κ1) is 18.9. The van der Waals surface area contributed by atoms with E-state index in [4.69, 9.17) is 13.0 Å². The van der Waals surface area contributed by atoms with Crippen LogP contribution in [0.15, 0.2) is 24.4 Å². The van der Waals surface area contributed by atoms with E-state index >= 15 is 0 Å². The Bertz CT molecular complexity index is 501. The van der Waals surface area contributed by atoms with Gasteiger partial charge in [0.2, 0.25) is 0 Å². The topological polar surface area (TPSA) is 61.1 Å². The number of nitrogens with zero attached hydrogens (tertiary/aromatic N) is 1. The van der Waals surface area contributed by atoms with Gasteiger partial charge in [-0.25, -0.2) is 13.0 Å². The smallest absolute Gasteiger partial charge is 0.485 e. The average Bonchev–Trinajstić information content (AvgIpc) is 2.30. The van der Waals surface area contributed by atoms with Crippen LogP contribution in [0.5, 0.6) is 0 Å². The maximum Gasteiger partial charge on any atom is 0.485 e. The van der Waals surface area contributed by atoms with Gasteiger partial charge >= 0.3 is 5.51 Å². The van der Waals surface area contributed by atoms with Crippen LogP contribution in [-0.4, -0.2) is 18.5 Å². The van der Waals surface area contributed by atoms with E-state index in [9.17, 15) is 13.2 Å². The summed E-state index contributed by atoms with van der Waals surface area (Å²) in [6.45, 7) is 5.56. The van der Waals surface area contributed by atoms with Gasteiger partial charge in [0.15, 0.2) is 22.0 Å². The Kier molecular flexibility index (Phi) is 7.74. The zero-order chi connectivity index (χ0) is 15.8. The van der Waals surface area contributed by atoms with Crippen LogP contribution in [-0.2, 0) is 16.7 Å². The molecule has 0 amide bonds. The van der Waals surface area contributed by atoms with Crippen LogP contribution in [0, 0.1) is 6.92 Å². The van der Waals surface area contributed by atoms with Gasteiger partial charge in [0.25, 0.3) is 0 Å². The molecule has 0 aliphatic heterocycles. The molecule has 0 radical (unpaired) electrons. The van der Waals surface area contributed by atoms with Crippen molar-refractivity contribution >= 4 is 10.1 Å². The van der Waals surface area contributed by atoms with Gasteiger partial charge < -0.3 is 4.55 Å². The Morgan fingerprint density at radius 1 is 1.25 bits per heavy atom. The number of hydrogen-bond acceptors (Lipinski definition) is 3. The predicted octanol–water partition coefficient (Wildman–Crippen LogP) is 2.52. The first-order valence-electron chi connectivity index (χ1n) is 6.06. The highest BCUT2D eigenvalue weighted by atomic mass is 32.2. The Labute approximate surface area is 117 Å². The number of aryl methyl sites for hydroxylation is 2. The van der Waals surface area contributed by atoms with Crippen molar-refractivity contribution in [2.24, 2.45) is 0 Å². The van der Waals surface area contributed by atoms with Crippen molar-refractivity contribution in [3.8, 4) is 0 Å². The molecule has 1 aromatic heterocycles. The maximum absolute atomic E-state index is 10.7. The molecular formula is C12H18F3NO3S. The van der Waals surface area contributed by atoms with Gasteiger partial charge in [-0.2, -0.15) is 13.2 Å². The van der Waals surface area contributed by atoms with E-state index in [0.717, 1.165) is 0 Å². The Balaban J connectivity index is 0.000000396. The van der Waals surface area contributed by atoms with Crippen LogP contribution in [0.3, 0.4) is 0 Å². The lowest BCUT2D eigenvalue weighted by molar-refractivity contribution is -0.703. The van der Waals surface area contributed by atoms with Gasteiger partial charge in [-0.1, -0.05) is 19.4 Å². The molecule has 0 spiro atoms. The van der Waals surface area contributed by atoms with E-state index in [1.807, 2.05) is 0 Å². The van der Waals surface area contributed by atoms with Gasteiger partial charge in [0, 0.05) is 25.5 Å². The van der Waals surface area contributed by atoms with Crippen LogP contribution in [0.2, 0.25) is 0 Å². The fourth-order valence-corrected chi connectivity index (χ4v) is 1.34. The summed E-state index contributed by atoms with van der Waals surface area (Å²) in [5.41, 5.74) is -4.29. The Hall–Kier alpha value is -1.15. The molecule has 0 aromatic carbocycles. The van der Waals surface area contributed by atoms with Crippen molar-refractivity contribution in [2.75, 3.05) is 0 Å². The highest BCUT2D eigenvalue weighted by molar-refractivity contribution is 7.86. The SMILES string of the molecule is CCCCC[n+]1ccccc1C.O=S(=O)([O-])C(F)(F)F. The second-order valence-electron chi connectivity index (χ2n) is 4.14. The molecule has 1 aromatic rings. The summed E-state index contributed by atoms with van der Waals surface area (Å²) >= 11 is 0. The van der Waals surface area contributed by atoms with Gasteiger partial charge in [-0.05, 0) is 6.42 Å². The molecule has 0 aliphatic rings. The van der Waals surface area contributed by atoms with Crippen LogP contribution in [0.4, 0.5) is 13.2 Å². The van der Waals surface area contributed by atoms with E-state index in [0.29, 0.717) is 0 Å². The van der Waals surface area contributed by atoms with E-state index in [1.54, 1.807) is 0 Å². The molecular weight excluding hydrogens is 295 g/mol. The molecule has 4 nitrogen and oxygen atoms in total. The summed E-state index contributed by atoms with van der Waals surface area (Å²) in [6.07, 6.45) is 6.09. The van der Waals surface area contributed by atoms with Crippen molar-refractivity contribution < 1.29 is 30.7 Å². The summed E-state index contributed by atoms with van der Waals surface area (Å²) in [5, 5.41) is 0. The third-order valence-corrected chi connectivity index (χ3v) is 3.02. The number of pyridine rings is 1. The van der Waals surface area contributed by atoms with Gasteiger partial charge in [0.1, 0.15) is 6.54 Å². The van der Waals surface area contributed by atoms with E-state index in [-0.39, 0.29) is 0 Å². The lowest BCUT2D eigenvalue weighted by Crippen LogP contribution is -2.36. The minimum atomic E-state index is -6.09. The van der Waals surface area contributed by atoms with Crippen molar-refractivity contribution in [3.63, 3.8) is 0 Å². The highest BCUT2D eigenvalue weighted by Crippen LogP contribution is 2.20. The minimum Gasteiger partial charge on any atom is -0.741 e. The first-order chi connectivity index (χ1) is 9.09. The number of hydrogen-bond donors (Lipinski definition) is 0. The number of aromatic nitrogens is 1. The molecule has 0 atom stereocenters. The van der Waals surface area contributed by atoms with Crippen LogP contribution < -0.4 is 4.57 Å². The van der Waals surface area contributed by atoms with Crippen molar-refractivity contribution in [1.29, 1.82) is 0 Å². The number of rotatable bonds is 4.